The molecule has 0 aliphatic carbocycles. The minimum atomic E-state index is -0.328. The van der Waals surface area contributed by atoms with Gasteiger partial charge in [0.25, 0.3) is 5.91 Å². The molecule has 0 saturated heterocycles. The van der Waals surface area contributed by atoms with Gasteiger partial charge in [-0.05, 0) is 12.1 Å². The van der Waals surface area contributed by atoms with E-state index in [4.69, 9.17) is 9.78 Å². The molecule has 2 rings (SSSR count). The molecule has 0 atom stereocenters. The summed E-state index contributed by atoms with van der Waals surface area (Å²) in [7, 11) is 0. The first-order chi connectivity index (χ1) is 8.29. The lowest BCUT2D eigenvalue weighted by molar-refractivity contribution is 0.0942. The van der Waals surface area contributed by atoms with E-state index < -0.39 is 0 Å². The van der Waals surface area contributed by atoms with Crippen LogP contribution in [-0.4, -0.2) is 16.0 Å². The van der Waals surface area contributed by atoms with Crippen LogP contribution in [-0.2, 0) is 6.54 Å². The van der Waals surface area contributed by atoms with Crippen LogP contribution in [0.3, 0.4) is 0 Å². The van der Waals surface area contributed by atoms with Gasteiger partial charge in [-0.15, -0.1) is 0 Å². The van der Waals surface area contributed by atoms with Gasteiger partial charge in [0.15, 0.2) is 5.76 Å². The fourth-order valence-corrected chi connectivity index (χ4v) is 1.19. The number of nitrogens with zero attached hydrogens (tertiary/aromatic N) is 3. The molecule has 0 aliphatic heterocycles. The highest BCUT2D eigenvalue weighted by molar-refractivity contribution is 5.92. The predicted molar refractivity (Wildman–Crippen MR) is 56.6 cm³/mol. The molecule has 2 aromatic heterocycles. The summed E-state index contributed by atoms with van der Waals surface area (Å²) in [6.07, 6.45) is 2.85. The van der Waals surface area contributed by atoms with Gasteiger partial charge in [-0.2, -0.15) is 5.26 Å². The summed E-state index contributed by atoms with van der Waals surface area (Å²) in [5.74, 6) is 0.234. The molecule has 6 nitrogen and oxygen atoms in total. The average molecular weight is 228 g/mol. The molecule has 0 unspecified atom stereocenters. The van der Waals surface area contributed by atoms with Gasteiger partial charge in [0.2, 0.25) is 0 Å². The third-order valence-electron chi connectivity index (χ3n) is 2.04. The zero-order valence-corrected chi connectivity index (χ0v) is 8.75. The molecule has 0 aliphatic rings. The van der Waals surface area contributed by atoms with Crippen molar-refractivity contribution >= 4 is 5.91 Å². The van der Waals surface area contributed by atoms with Crippen LogP contribution in [0.25, 0.3) is 0 Å². The molecule has 1 amide bonds. The Kier molecular flexibility index (Phi) is 3.12. The molecular weight excluding hydrogens is 220 g/mol. The Balaban J connectivity index is 1.97. The van der Waals surface area contributed by atoms with Gasteiger partial charge in [-0.25, -0.2) is 4.98 Å². The van der Waals surface area contributed by atoms with Crippen molar-refractivity contribution in [3.63, 3.8) is 0 Å². The summed E-state index contributed by atoms with van der Waals surface area (Å²) in [5.41, 5.74) is 0.667. The molecular formula is C11H8N4O2. The van der Waals surface area contributed by atoms with Crippen molar-refractivity contribution in [1.29, 1.82) is 5.26 Å². The third-order valence-corrected chi connectivity index (χ3v) is 2.04. The van der Waals surface area contributed by atoms with Crippen molar-refractivity contribution in [3.8, 4) is 6.07 Å². The number of rotatable bonds is 3. The van der Waals surface area contributed by atoms with E-state index in [-0.39, 0.29) is 18.1 Å². The van der Waals surface area contributed by atoms with Gasteiger partial charge < -0.3 is 9.84 Å². The van der Waals surface area contributed by atoms with E-state index in [9.17, 15) is 4.79 Å². The highest BCUT2D eigenvalue weighted by atomic mass is 16.5. The number of amides is 1. The number of nitrogens with one attached hydrogen (secondary N) is 1. The minimum Gasteiger partial charge on any atom is -0.360 e. The van der Waals surface area contributed by atoms with Gasteiger partial charge in [-0.3, -0.25) is 4.79 Å². The Morgan fingerprint density at radius 2 is 2.35 bits per heavy atom. The largest absolute Gasteiger partial charge is 0.360 e. The molecule has 0 aromatic carbocycles. The molecule has 17 heavy (non-hydrogen) atoms. The molecule has 0 spiro atoms. The maximum absolute atomic E-state index is 11.6. The Hall–Kier alpha value is -2.68. The van der Waals surface area contributed by atoms with Crippen LogP contribution in [0.2, 0.25) is 0 Å². The van der Waals surface area contributed by atoms with Crippen LogP contribution in [0, 0.1) is 11.3 Å². The summed E-state index contributed by atoms with van der Waals surface area (Å²) in [6, 6.07) is 6.62. The van der Waals surface area contributed by atoms with E-state index in [1.807, 2.05) is 6.07 Å². The van der Waals surface area contributed by atoms with Crippen LogP contribution in [0.15, 0.2) is 35.1 Å². The van der Waals surface area contributed by atoms with Crippen LogP contribution in [0.5, 0.6) is 0 Å². The summed E-state index contributed by atoms with van der Waals surface area (Å²) in [4.78, 5) is 15.5. The first kappa shape index (κ1) is 10.8. The molecule has 2 heterocycles. The van der Waals surface area contributed by atoms with E-state index in [2.05, 4.69) is 15.5 Å². The second-order valence-electron chi connectivity index (χ2n) is 3.21. The van der Waals surface area contributed by atoms with E-state index in [1.54, 1.807) is 6.07 Å². The highest BCUT2D eigenvalue weighted by Gasteiger charge is 2.07. The van der Waals surface area contributed by atoms with E-state index >= 15 is 0 Å². The van der Waals surface area contributed by atoms with Crippen molar-refractivity contribution in [2.45, 2.75) is 6.54 Å². The van der Waals surface area contributed by atoms with Crippen molar-refractivity contribution in [2.24, 2.45) is 0 Å². The number of hydrogen-bond acceptors (Lipinski definition) is 5. The number of carbonyl (C=O) groups is 1. The lowest BCUT2D eigenvalue weighted by Crippen LogP contribution is -2.23. The fraction of sp³-hybridized carbons (Fsp3) is 0.0909. The lowest BCUT2D eigenvalue weighted by Gasteiger charge is -2.01. The van der Waals surface area contributed by atoms with Gasteiger partial charge in [-0.1, -0.05) is 5.16 Å². The average Bonchev–Trinajstić information content (AvgIpc) is 2.89. The Morgan fingerprint density at radius 3 is 2.94 bits per heavy atom. The Labute approximate surface area is 96.9 Å². The molecule has 6 heteroatoms. The molecule has 1 N–H and O–H groups in total. The Morgan fingerprint density at radius 1 is 1.47 bits per heavy atom. The van der Waals surface area contributed by atoms with Crippen molar-refractivity contribution in [1.82, 2.24) is 15.5 Å². The van der Waals surface area contributed by atoms with Crippen LogP contribution >= 0.6 is 0 Å². The van der Waals surface area contributed by atoms with Gasteiger partial charge in [0.1, 0.15) is 11.8 Å². The van der Waals surface area contributed by atoms with Crippen LogP contribution < -0.4 is 5.32 Å². The number of nitriles is 1. The lowest BCUT2D eigenvalue weighted by atomic mass is 10.2. The molecule has 0 saturated carbocycles. The number of carbonyl (C=O) groups excluding carboxylic acids is 1. The number of hydrogen-bond donors (Lipinski definition) is 1. The van der Waals surface area contributed by atoms with Gasteiger partial charge in [0.05, 0.1) is 18.3 Å². The third kappa shape index (κ3) is 2.66. The SMILES string of the molecule is N#Cc1ccc(C(=O)NCc2ccno2)nc1. The minimum absolute atomic E-state index is 0.251. The molecule has 0 bridgehead atoms. The van der Waals surface area contributed by atoms with Gasteiger partial charge >= 0.3 is 0 Å². The van der Waals surface area contributed by atoms with Gasteiger partial charge in [0, 0.05) is 12.3 Å². The predicted octanol–water partition coefficient (Wildman–Crippen LogP) is 0.871. The van der Waals surface area contributed by atoms with E-state index in [1.165, 1.54) is 24.5 Å². The highest BCUT2D eigenvalue weighted by Crippen LogP contribution is 2.00. The molecule has 84 valence electrons. The normalized spacial score (nSPS) is 9.59. The maximum atomic E-state index is 11.6. The van der Waals surface area contributed by atoms with Crippen LogP contribution in [0.1, 0.15) is 21.8 Å². The monoisotopic (exact) mass is 228 g/mol. The Bertz CT molecular complexity index is 540. The van der Waals surface area contributed by atoms with E-state index in [0.717, 1.165) is 0 Å². The fourth-order valence-electron chi connectivity index (χ4n) is 1.19. The van der Waals surface area contributed by atoms with E-state index in [0.29, 0.717) is 11.3 Å². The molecule has 0 fully saturated rings. The maximum Gasteiger partial charge on any atom is 0.270 e. The summed E-state index contributed by atoms with van der Waals surface area (Å²) < 4.78 is 4.83. The zero-order valence-electron chi connectivity index (χ0n) is 8.75. The number of pyridine rings is 1. The van der Waals surface area contributed by atoms with Crippen molar-refractivity contribution < 1.29 is 9.32 Å². The topological polar surface area (TPSA) is 91.8 Å². The second-order valence-corrected chi connectivity index (χ2v) is 3.21. The smallest absolute Gasteiger partial charge is 0.270 e. The second kappa shape index (κ2) is 4.90. The first-order valence-corrected chi connectivity index (χ1v) is 4.83. The zero-order chi connectivity index (χ0) is 12.1. The summed E-state index contributed by atoms with van der Waals surface area (Å²) in [5, 5.41) is 14.7. The molecule has 0 radical (unpaired) electrons. The standard InChI is InChI=1S/C11H8N4O2/c12-5-8-1-2-10(13-6-8)11(16)14-7-9-3-4-15-17-9/h1-4,6H,7H2,(H,14,16). The van der Waals surface area contributed by atoms with Crippen LogP contribution in [0.4, 0.5) is 0 Å². The molecule has 2 aromatic rings. The first-order valence-electron chi connectivity index (χ1n) is 4.83. The van der Waals surface area contributed by atoms with Crippen molar-refractivity contribution in [3.05, 3.63) is 47.6 Å². The number of aromatic nitrogens is 2. The summed E-state index contributed by atoms with van der Waals surface area (Å²) in [6.45, 7) is 0.251. The quantitative estimate of drug-likeness (QED) is 0.841. The summed E-state index contributed by atoms with van der Waals surface area (Å²) >= 11 is 0. The van der Waals surface area contributed by atoms with Crippen molar-refractivity contribution in [2.75, 3.05) is 0 Å².